The van der Waals surface area contributed by atoms with E-state index in [1.807, 2.05) is 81.4 Å². The smallest absolute Gasteiger partial charge is 0.407 e. The molecule has 2 rings (SSSR count). The summed E-state index contributed by atoms with van der Waals surface area (Å²) in [5, 5.41) is 31.1. The molecule has 0 spiro atoms. The van der Waals surface area contributed by atoms with E-state index in [1.54, 1.807) is 27.8 Å². The van der Waals surface area contributed by atoms with E-state index < -0.39 is 41.5 Å². The zero-order valence-corrected chi connectivity index (χ0v) is 25.0. The zero-order chi connectivity index (χ0) is 29.9. The van der Waals surface area contributed by atoms with E-state index in [0.717, 1.165) is 11.1 Å². The second-order valence-electron chi connectivity index (χ2n) is 12.3. The lowest BCUT2D eigenvalue weighted by Crippen LogP contribution is -2.56. The van der Waals surface area contributed by atoms with Gasteiger partial charge in [-0.1, -0.05) is 60.7 Å². The Labute approximate surface area is 239 Å². The summed E-state index contributed by atoms with van der Waals surface area (Å²) in [4.78, 5) is 27.0. The number of nitrogens with one attached hydrogen (secondary N) is 3. The summed E-state index contributed by atoms with van der Waals surface area (Å²) in [6, 6.07) is 17.8. The standard InChI is InChI=1S/C31H48N4O5/c1-30(2,3)34-28(38)35(7)25(19-23-16-12-9-13-17-23)27(37)21-32-20-26(36)24(18-22-14-10-8-11-15-22)33-29(39)40-31(4,5)6/h8-17,24-27,32,36-37H,18-21H2,1-7H3,(H,33,39)(H,34,38)/t24-,25-,26+,27+/m0/s1. The molecule has 0 unspecified atom stereocenters. The van der Waals surface area contributed by atoms with Gasteiger partial charge in [0.2, 0.25) is 0 Å². The molecule has 222 valence electrons. The molecule has 0 radical (unpaired) electrons. The van der Waals surface area contributed by atoms with Crippen molar-refractivity contribution in [1.29, 1.82) is 0 Å². The summed E-state index contributed by atoms with van der Waals surface area (Å²) in [6.07, 6.45) is -1.64. The highest BCUT2D eigenvalue weighted by atomic mass is 16.6. The number of nitrogens with zero attached hydrogens (tertiary/aromatic N) is 1. The van der Waals surface area contributed by atoms with Gasteiger partial charge in [0.15, 0.2) is 0 Å². The van der Waals surface area contributed by atoms with Crippen molar-refractivity contribution >= 4 is 12.1 Å². The predicted molar refractivity (Wildman–Crippen MR) is 158 cm³/mol. The lowest BCUT2D eigenvalue weighted by atomic mass is 9.99. The van der Waals surface area contributed by atoms with Crippen molar-refractivity contribution < 1.29 is 24.5 Å². The minimum absolute atomic E-state index is 0.111. The van der Waals surface area contributed by atoms with E-state index in [2.05, 4.69) is 16.0 Å². The zero-order valence-electron chi connectivity index (χ0n) is 25.0. The molecule has 5 N–H and O–H groups in total. The van der Waals surface area contributed by atoms with E-state index >= 15 is 0 Å². The average molecular weight is 557 g/mol. The van der Waals surface area contributed by atoms with E-state index in [1.165, 1.54) is 4.90 Å². The van der Waals surface area contributed by atoms with Crippen molar-refractivity contribution in [3.8, 4) is 0 Å². The summed E-state index contributed by atoms with van der Waals surface area (Å²) in [5.74, 6) is 0. The van der Waals surface area contributed by atoms with Gasteiger partial charge in [0.1, 0.15) is 5.60 Å². The Morgan fingerprint density at radius 2 is 1.32 bits per heavy atom. The molecule has 2 aromatic carbocycles. The largest absolute Gasteiger partial charge is 0.444 e. The molecule has 0 fully saturated rings. The van der Waals surface area contributed by atoms with E-state index in [4.69, 9.17) is 4.74 Å². The number of urea groups is 1. The number of ether oxygens (including phenoxy) is 1. The van der Waals surface area contributed by atoms with Crippen molar-refractivity contribution in [2.45, 2.75) is 89.8 Å². The fraction of sp³-hybridized carbons (Fsp3) is 0.548. The van der Waals surface area contributed by atoms with Crippen molar-refractivity contribution in [3.05, 3.63) is 71.8 Å². The molecule has 40 heavy (non-hydrogen) atoms. The highest BCUT2D eigenvalue weighted by Gasteiger charge is 2.30. The number of likely N-dealkylation sites (N-methyl/N-ethyl adjacent to an activating group) is 1. The molecule has 9 nitrogen and oxygen atoms in total. The summed E-state index contributed by atoms with van der Waals surface area (Å²) in [6.45, 7) is 11.3. The SMILES string of the molecule is CN(C(=O)NC(C)(C)C)[C@@H](Cc1ccccc1)[C@H](O)CNC[C@@H](O)[C@H](Cc1ccccc1)NC(=O)OC(C)(C)C. The van der Waals surface area contributed by atoms with Gasteiger partial charge >= 0.3 is 12.1 Å². The minimum atomic E-state index is -0.964. The molecule has 4 atom stereocenters. The highest BCUT2D eigenvalue weighted by Crippen LogP contribution is 2.14. The number of hydrogen-bond acceptors (Lipinski definition) is 6. The van der Waals surface area contributed by atoms with Crippen molar-refractivity contribution in [2.24, 2.45) is 0 Å². The van der Waals surface area contributed by atoms with Crippen LogP contribution < -0.4 is 16.0 Å². The number of carbonyl (C=O) groups is 2. The van der Waals surface area contributed by atoms with Gasteiger partial charge in [-0.2, -0.15) is 0 Å². The topological polar surface area (TPSA) is 123 Å². The lowest BCUT2D eigenvalue weighted by molar-refractivity contribution is 0.0408. The summed E-state index contributed by atoms with van der Waals surface area (Å²) in [5.41, 5.74) is 0.849. The van der Waals surface area contributed by atoms with Gasteiger partial charge in [-0.05, 0) is 65.5 Å². The van der Waals surface area contributed by atoms with Crippen LogP contribution in [0.25, 0.3) is 0 Å². The highest BCUT2D eigenvalue weighted by molar-refractivity contribution is 5.75. The van der Waals surface area contributed by atoms with Crippen molar-refractivity contribution in [2.75, 3.05) is 20.1 Å². The first-order chi connectivity index (χ1) is 18.6. The van der Waals surface area contributed by atoms with E-state index in [-0.39, 0.29) is 19.1 Å². The first kappa shape index (κ1) is 33.1. The Hall–Kier alpha value is -3.14. The van der Waals surface area contributed by atoms with Gasteiger partial charge in [0.05, 0.1) is 24.3 Å². The van der Waals surface area contributed by atoms with E-state index in [9.17, 15) is 19.8 Å². The summed E-state index contributed by atoms with van der Waals surface area (Å²) >= 11 is 0. The van der Waals surface area contributed by atoms with Gasteiger partial charge < -0.3 is 35.8 Å². The molecule has 0 aromatic heterocycles. The quantitative estimate of drug-likeness (QED) is 0.273. The van der Waals surface area contributed by atoms with Crippen LogP contribution in [-0.2, 0) is 17.6 Å². The number of aliphatic hydroxyl groups excluding tert-OH is 2. The van der Waals surface area contributed by atoms with Crippen LogP contribution in [0.1, 0.15) is 52.7 Å². The number of amides is 3. The van der Waals surface area contributed by atoms with Crippen LogP contribution in [-0.4, -0.2) is 82.8 Å². The van der Waals surface area contributed by atoms with Crippen LogP contribution in [0.5, 0.6) is 0 Å². The Bertz CT molecular complexity index is 1040. The van der Waals surface area contributed by atoms with Gasteiger partial charge in [-0.25, -0.2) is 9.59 Å². The van der Waals surface area contributed by atoms with E-state index in [0.29, 0.717) is 12.8 Å². The van der Waals surface area contributed by atoms with Crippen LogP contribution in [0, 0.1) is 0 Å². The number of carbonyl (C=O) groups excluding carboxylic acids is 2. The second-order valence-corrected chi connectivity index (χ2v) is 12.3. The van der Waals surface area contributed by atoms with Crippen molar-refractivity contribution in [3.63, 3.8) is 0 Å². The molecule has 0 aliphatic heterocycles. The third kappa shape index (κ3) is 12.4. The predicted octanol–water partition coefficient (Wildman–Crippen LogP) is 3.49. The Morgan fingerprint density at radius 3 is 1.82 bits per heavy atom. The molecule has 3 amide bonds. The molecule has 0 saturated heterocycles. The molecular formula is C31H48N4O5. The van der Waals surface area contributed by atoms with Gasteiger partial charge in [0, 0.05) is 25.7 Å². The van der Waals surface area contributed by atoms with Gasteiger partial charge in [0.25, 0.3) is 0 Å². The van der Waals surface area contributed by atoms with Crippen LogP contribution in [0.2, 0.25) is 0 Å². The first-order valence-corrected chi connectivity index (χ1v) is 13.8. The molecule has 0 saturated carbocycles. The maximum Gasteiger partial charge on any atom is 0.407 e. The average Bonchev–Trinajstić information content (AvgIpc) is 2.85. The third-order valence-corrected chi connectivity index (χ3v) is 6.20. The number of rotatable bonds is 12. The Morgan fingerprint density at radius 1 is 0.825 bits per heavy atom. The first-order valence-electron chi connectivity index (χ1n) is 13.8. The normalized spacial score (nSPS) is 14.9. The number of hydrogen-bond donors (Lipinski definition) is 5. The van der Waals surface area contributed by atoms with Gasteiger partial charge in [-0.3, -0.25) is 0 Å². The number of alkyl carbamates (subject to hydrolysis) is 1. The fourth-order valence-corrected chi connectivity index (χ4v) is 4.21. The second kappa shape index (κ2) is 15.0. The van der Waals surface area contributed by atoms with Crippen molar-refractivity contribution in [1.82, 2.24) is 20.9 Å². The Balaban J connectivity index is 2.08. The number of aliphatic hydroxyl groups is 2. The van der Waals surface area contributed by atoms with Gasteiger partial charge in [-0.15, -0.1) is 0 Å². The molecule has 2 aromatic rings. The van der Waals surface area contributed by atoms with Crippen LogP contribution in [0.15, 0.2) is 60.7 Å². The van der Waals surface area contributed by atoms with Crippen LogP contribution >= 0.6 is 0 Å². The summed E-state index contributed by atoms with van der Waals surface area (Å²) in [7, 11) is 1.67. The van der Waals surface area contributed by atoms with Crippen LogP contribution in [0.3, 0.4) is 0 Å². The summed E-state index contributed by atoms with van der Waals surface area (Å²) < 4.78 is 5.41. The third-order valence-electron chi connectivity index (χ3n) is 6.20. The Kier molecular flexibility index (Phi) is 12.4. The molecular weight excluding hydrogens is 508 g/mol. The lowest BCUT2D eigenvalue weighted by Gasteiger charge is -2.35. The molecule has 0 aliphatic carbocycles. The molecule has 0 aliphatic rings. The molecule has 0 heterocycles. The molecule has 9 heteroatoms. The maximum atomic E-state index is 12.9. The minimum Gasteiger partial charge on any atom is -0.444 e. The maximum absolute atomic E-state index is 12.9. The fourth-order valence-electron chi connectivity index (χ4n) is 4.21. The number of benzene rings is 2. The monoisotopic (exact) mass is 556 g/mol. The van der Waals surface area contributed by atoms with Crippen LogP contribution in [0.4, 0.5) is 9.59 Å². The molecule has 0 bridgehead atoms.